The number of aromatic hydroxyl groups is 1. The summed E-state index contributed by atoms with van der Waals surface area (Å²) < 4.78 is 5.36. The smallest absolute Gasteiger partial charge is 0.335 e. The van der Waals surface area contributed by atoms with E-state index in [1.807, 2.05) is 12.1 Å². The summed E-state index contributed by atoms with van der Waals surface area (Å²) >= 11 is 0. The Balaban J connectivity index is 1.65. The minimum atomic E-state index is -1.01. The highest BCUT2D eigenvalue weighted by atomic mass is 16.5. The number of pyridine rings is 1. The Bertz CT molecular complexity index is 943. The van der Waals surface area contributed by atoms with Gasteiger partial charge in [-0.3, -0.25) is 9.88 Å². The lowest BCUT2D eigenvalue weighted by Crippen LogP contribution is -2.35. The average molecular weight is 353 g/mol. The first kappa shape index (κ1) is 16.6. The summed E-state index contributed by atoms with van der Waals surface area (Å²) in [5.41, 5.74) is 3.03. The number of carbonyl (C=O) groups is 1. The molecule has 1 aliphatic heterocycles. The molecule has 0 atom stereocenters. The van der Waals surface area contributed by atoms with Gasteiger partial charge in [-0.25, -0.2) is 4.79 Å². The summed E-state index contributed by atoms with van der Waals surface area (Å²) in [5, 5.41) is 20.1. The first-order valence-electron chi connectivity index (χ1n) is 8.45. The standard InChI is InChI=1S/C19H19N3O4/c23-18-17(14-9-13(19(24)25)2-4-15(14)21-18)16-3-1-12(10-20-16)11-22-5-7-26-8-6-22/h1-4,9-10,21,23H,5-8,11H2,(H,24,25). The van der Waals surface area contributed by atoms with Crippen molar-refractivity contribution >= 4 is 16.9 Å². The molecular weight excluding hydrogens is 334 g/mol. The topological polar surface area (TPSA) is 98.7 Å². The van der Waals surface area contributed by atoms with Crippen molar-refractivity contribution < 1.29 is 19.7 Å². The van der Waals surface area contributed by atoms with Gasteiger partial charge in [0.05, 0.1) is 30.0 Å². The molecule has 4 rings (SSSR count). The number of rotatable bonds is 4. The maximum absolute atomic E-state index is 11.2. The zero-order valence-electron chi connectivity index (χ0n) is 14.1. The van der Waals surface area contributed by atoms with Crippen LogP contribution in [0.5, 0.6) is 5.88 Å². The van der Waals surface area contributed by atoms with Gasteiger partial charge in [-0.1, -0.05) is 6.07 Å². The Morgan fingerprint density at radius 1 is 1.23 bits per heavy atom. The fraction of sp³-hybridized carbons (Fsp3) is 0.263. The van der Waals surface area contributed by atoms with Crippen molar-refractivity contribution in [3.05, 3.63) is 47.7 Å². The monoisotopic (exact) mass is 353 g/mol. The molecule has 3 aromatic rings. The zero-order chi connectivity index (χ0) is 18.1. The third-order valence-corrected chi connectivity index (χ3v) is 4.62. The number of fused-ring (bicyclic) bond motifs is 1. The average Bonchev–Trinajstić information content (AvgIpc) is 2.98. The van der Waals surface area contributed by atoms with E-state index in [1.54, 1.807) is 18.3 Å². The molecule has 3 N–H and O–H groups in total. The molecular formula is C19H19N3O4. The Kier molecular flexibility index (Phi) is 4.32. The Morgan fingerprint density at radius 2 is 2.04 bits per heavy atom. The second-order valence-electron chi connectivity index (χ2n) is 6.35. The first-order valence-corrected chi connectivity index (χ1v) is 8.45. The van der Waals surface area contributed by atoms with Crippen LogP contribution in [0.2, 0.25) is 0 Å². The predicted molar refractivity (Wildman–Crippen MR) is 96.2 cm³/mol. The van der Waals surface area contributed by atoms with Crippen LogP contribution in [0.1, 0.15) is 15.9 Å². The van der Waals surface area contributed by atoms with Gasteiger partial charge in [0, 0.05) is 36.7 Å². The number of H-pyrrole nitrogens is 1. The second kappa shape index (κ2) is 6.78. The molecule has 0 bridgehead atoms. The Labute approximate surface area is 149 Å². The Hall–Kier alpha value is -2.90. The van der Waals surface area contributed by atoms with Gasteiger partial charge in [-0.15, -0.1) is 0 Å². The lowest BCUT2D eigenvalue weighted by Gasteiger charge is -2.26. The van der Waals surface area contributed by atoms with Crippen LogP contribution in [0.4, 0.5) is 0 Å². The molecule has 0 spiro atoms. The number of hydrogen-bond donors (Lipinski definition) is 3. The molecule has 1 aliphatic rings. The van der Waals surface area contributed by atoms with Gasteiger partial charge >= 0.3 is 5.97 Å². The molecule has 3 heterocycles. The van der Waals surface area contributed by atoms with Gasteiger partial charge < -0.3 is 19.9 Å². The molecule has 1 saturated heterocycles. The number of benzene rings is 1. The van der Waals surface area contributed by atoms with Crippen molar-refractivity contribution in [3.63, 3.8) is 0 Å². The van der Waals surface area contributed by atoms with Crippen LogP contribution >= 0.6 is 0 Å². The first-order chi connectivity index (χ1) is 12.6. The van der Waals surface area contributed by atoms with Crippen molar-refractivity contribution in [1.29, 1.82) is 0 Å². The third kappa shape index (κ3) is 3.14. The van der Waals surface area contributed by atoms with Crippen molar-refractivity contribution in [3.8, 4) is 17.1 Å². The number of aromatic nitrogens is 2. The molecule has 134 valence electrons. The summed E-state index contributed by atoms with van der Waals surface area (Å²) in [7, 11) is 0. The van der Waals surface area contributed by atoms with E-state index in [9.17, 15) is 15.0 Å². The number of carboxylic acids is 1. The largest absolute Gasteiger partial charge is 0.494 e. The molecule has 0 unspecified atom stereocenters. The van der Waals surface area contributed by atoms with E-state index in [0.717, 1.165) is 38.4 Å². The van der Waals surface area contributed by atoms with Crippen molar-refractivity contribution in [2.45, 2.75) is 6.54 Å². The summed E-state index contributed by atoms with van der Waals surface area (Å²) in [6.07, 6.45) is 1.80. The van der Waals surface area contributed by atoms with Gasteiger partial charge in [-0.05, 0) is 29.8 Å². The number of nitrogens with zero attached hydrogens (tertiary/aromatic N) is 2. The highest BCUT2D eigenvalue weighted by molar-refractivity contribution is 6.02. The molecule has 0 amide bonds. The van der Waals surface area contributed by atoms with Gasteiger partial charge in [-0.2, -0.15) is 0 Å². The molecule has 7 heteroatoms. The van der Waals surface area contributed by atoms with Crippen LogP contribution < -0.4 is 0 Å². The van der Waals surface area contributed by atoms with Crippen LogP contribution in [0.3, 0.4) is 0 Å². The Morgan fingerprint density at radius 3 is 2.73 bits per heavy atom. The maximum atomic E-state index is 11.2. The van der Waals surface area contributed by atoms with E-state index in [2.05, 4.69) is 14.9 Å². The minimum absolute atomic E-state index is 0.0176. The van der Waals surface area contributed by atoms with E-state index in [1.165, 1.54) is 6.07 Å². The van der Waals surface area contributed by atoms with Crippen LogP contribution in [0.25, 0.3) is 22.2 Å². The van der Waals surface area contributed by atoms with E-state index in [-0.39, 0.29) is 11.4 Å². The van der Waals surface area contributed by atoms with Crippen LogP contribution in [-0.2, 0) is 11.3 Å². The number of hydrogen-bond acceptors (Lipinski definition) is 5. The van der Waals surface area contributed by atoms with Gasteiger partial charge in [0.15, 0.2) is 5.88 Å². The molecule has 1 fully saturated rings. The second-order valence-corrected chi connectivity index (χ2v) is 6.35. The maximum Gasteiger partial charge on any atom is 0.335 e. The fourth-order valence-corrected chi connectivity index (χ4v) is 3.25. The molecule has 1 aromatic carbocycles. The summed E-state index contributed by atoms with van der Waals surface area (Å²) in [4.78, 5) is 20.9. The fourth-order valence-electron chi connectivity index (χ4n) is 3.25. The summed E-state index contributed by atoms with van der Waals surface area (Å²) in [5.74, 6) is -1.02. The van der Waals surface area contributed by atoms with Crippen LogP contribution in [-0.4, -0.2) is 57.4 Å². The normalized spacial score (nSPS) is 15.4. The SMILES string of the molecule is O=C(O)c1ccc2[nH]c(O)c(-c3ccc(CN4CCOCC4)cn3)c2c1. The number of morpholine rings is 1. The van der Waals surface area contributed by atoms with Gasteiger partial charge in [0.2, 0.25) is 0 Å². The number of aromatic carboxylic acids is 1. The predicted octanol–water partition coefficient (Wildman–Crippen LogP) is 2.47. The van der Waals surface area contributed by atoms with E-state index in [4.69, 9.17) is 4.74 Å². The molecule has 2 aromatic heterocycles. The van der Waals surface area contributed by atoms with Crippen LogP contribution in [0.15, 0.2) is 36.5 Å². The lowest BCUT2D eigenvalue weighted by atomic mass is 10.1. The highest BCUT2D eigenvalue weighted by Gasteiger charge is 2.17. The molecule has 7 nitrogen and oxygen atoms in total. The zero-order valence-corrected chi connectivity index (χ0v) is 14.1. The lowest BCUT2D eigenvalue weighted by molar-refractivity contribution is 0.0341. The number of aromatic amines is 1. The molecule has 26 heavy (non-hydrogen) atoms. The quantitative estimate of drug-likeness (QED) is 0.666. The highest BCUT2D eigenvalue weighted by Crippen LogP contribution is 2.36. The number of nitrogens with one attached hydrogen (secondary N) is 1. The van der Waals surface area contributed by atoms with Gasteiger partial charge in [0.25, 0.3) is 0 Å². The minimum Gasteiger partial charge on any atom is -0.494 e. The number of carboxylic acid groups (broad SMARTS) is 1. The molecule has 0 radical (unpaired) electrons. The molecule has 0 aliphatic carbocycles. The van der Waals surface area contributed by atoms with E-state index < -0.39 is 5.97 Å². The third-order valence-electron chi connectivity index (χ3n) is 4.62. The molecule has 0 saturated carbocycles. The summed E-state index contributed by atoms with van der Waals surface area (Å²) in [6, 6.07) is 8.53. The van der Waals surface area contributed by atoms with Crippen molar-refractivity contribution in [2.24, 2.45) is 0 Å². The summed E-state index contributed by atoms with van der Waals surface area (Å²) in [6.45, 7) is 4.12. The van der Waals surface area contributed by atoms with Gasteiger partial charge in [0.1, 0.15) is 0 Å². The van der Waals surface area contributed by atoms with E-state index in [0.29, 0.717) is 22.2 Å². The van der Waals surface area contributed by atoms with Crippen molar-refractivity contribution in [2.75, 3.05) is 26.3 Å². The number of ether oxygens (including phenoxy) is 1. The van der Waals surface area contributed by atoms with Crippen molar-refractivity contribution in [1.82, 2.24) is 14.9 Å². The van der Waals surface area contributed by atoms with E-state index >= 15 is 0 Å². The van der Waals surface area contributed by atoms with Crippen LogP contribution in [0, 0.1) is 0 Å².